The van der Waals surface area contributed by atoms with Crippen molar-refractivity contribution in [1.82, 2.24) is 9.97 Å². The van der Waals surface area contributed by atoms with Gasteiger partial charge in [-0.15, -0.1) is 47.2 Å². The van der Waals surface area contributed by atoms with E-state index in [0.29, 0.717) is 0 Å². The summed E-state index contributed by atoms with van der Waals surface area (Å²) in [5, 5.41) is 18.4. The van der Waals surface area contributed by atoms with Gasteiger partial charge in [0.15, 0.2) is 5.78 Å². The smallest absolute Gasteiger partial charge is 0.155 e. The number of carbonyl (C=O) groups excluding carboxylic acids is 1. The molecule has 0 atom stereocenters. The molecule has 0 spiro atoms. The number of ketones is 1. The molecule has 0 saturated carbocycles. The van der Waals surface area contributed by atoms with E-state index in [2.05, 4.69) is 287 Å². The minimum absolute atomic E-state index is 0. The second-order valence-electron chi connectivity index (χ2n) is 28.6. The van der Waals surface area contributed by atoms with Crippen LogP contribution >= 0.6 is 22.7 Å². The van der Waals surface area contributed by atoms with E-state index in [-0.39, 0.29) is 53.3 Å². The number of allylic oxidation sites excluding steroid dienone is 2. The number of carbonyl (C=O) groups is 1. The van der Waals surface area contributed by atoms with Gasteiger partial charge in [-0.1, -0.05) is 265 Å². The van der Waals surface area contributed by atoms with E-state index < -0.39 is 0 Å². The number of benzene rings is 10. The largest absolute Gasteiger partial charge is 0.512 e. The minimum Gasteiger partial charge on any atom is -0.512 e. The molecule has 0 aliphatic carbocycles. The number of aliphatic hydroxyl groups is 1. The molecule has 96 heavy (non-hydrogen) atoms. The molecule has 0 unspecified atom stereocenters. The minimum atomic E-state index is -0.125. The van der Waals surface area contributed by atoms with Gasteiger partial charge in [0, 0.05) is 50.0 Å². The maximum atomic E-state index is 10.0. The number of nitrogens with zero attached hydrogens (tertiary/aromatic N) is 2. The number of hydrogen-bond acceptors (Lipinski definition) is 6. The number of fused-ring (bicyclic) bond motifs is 5. The quantitative estimate of drug-likeness (QED) is 0.0748. The molecule has 10 aromatic carbocycles. The molecule has 4 heterocycles. The molecule has 14 aromatic rings. The third kappa shape index (κ3) is 15.8. The molecule has 4 aromatic heterocycles. The van der Waals surface area contributed by atoms with E-state index in [0.717, 1.165) is 21.1 Å². The maximum Gasteiger partial charge on any atom is 0.155 e. The summed E-state index contributed by atoms with van der Waals surface area (Å²) < 4.78 is 2.52. The summed E-state index contributed by atoms with van der Waals surface area (Å²) >= 11 is 3.46. The topological polar surface area (TPSA) is 63.1 Å². The van der Waals surface area contributed by atoms with Gasteiger partial charge in [-0.3, -0.25) is 4.79 Å². The van der Waals surface area contributed by atoms with Crippen LogP contribution in [0.2, 0.25) is 0 Å². The Hall–Kier alpha value is -8.94. The van der Waals surface area contributed by atoms with Crippen molar-refractivity contribution in [2.75, 3.05) is 0 Å². The molecule has 0 amide bonds. The van der Waals surface area contributed by atoms with Crippen LogP contribution in [0.4, 0.5) is 0 Å². The zero-order valence-electron chi connectivity index (χ0n) is 57.6. The van der Waals surface area contributed by atoms with Gasteiger partial charge in [-0.2, -0.15) is 0 Å². The molecule has 0 saturated heterocycles. The molecule has 4 nitrogen and oxygen atoms in total. The summed E-state index contributed by atoms with van der Waals surface area (Å²) in [5.74, 6) is -0.0625. The van der Waals surface area contributed by atoms with E-state index in [1.54, 1.807) is 22.7 Å². The summed E-state index contributed by atoms with van der Waals surface area (Å²) in [5.41, 5.74) is 17.5. The van der Waals surface area contributed by atoms with Gasteiger partial charge in [0.2, 0.25) is 0 Å². The Labute approximate surface area is 589 Å². The van der Waals surface area contributed by atoms with Crippen LogP contribution in [0.15, 0.2) is 255 Å². The van der Waals surface area contributed by atoms with Crippen molar-refractivity contribution in [2.24, 2.45) is 0 Å². The molecule has 1 radical (unpaired) electrons. The van der Waals surface area contributed by atoms with Crippen LogP contribution in [0.3, 0.4) is 0 Å². The monoisotopic (exact) mass is 1470 g/mol. The molecule has 0 fully saturated rings. The fourth-order valence-corrected chi connectivity index (χ4v) is 14.2. The van der Waals surface area contributed by atoms with Crippen molar-refractivity contribution in [3.05, 3.63) is 289 Å². The fraction of sp³-hybridized carbons (Fsp3) is 0.202. The summed E-state index contributed by atoms with van der Waals surface area (Å²) in [7, 11) is 0. The van der Waals surface area contributed by atoms with Crippen LogP contribution < -0.4 is 0 Å². The van der Waals surface area contributed by atoms with E-state index in [4.69, 9.17) is 5.11 Å². The van der Waals surface area contributed by atoms with Gasteiger partial charge >= 0.3 is 0 Å². The van der Waals surface area contributed by atoms with Gasteiger partial charge in [0.05, 0.1) is 5.76 Å². The van der Waals surface area contributed by atoms with Gasteiger partial charge in [0.1, 0.15) is 0 Å². The van der Waals surface area contributed by atoms with Gasteiger partial charge in [0.25, 0.3) is 0 Å². The SMILES string of the molecule is CC(=O)C=C(C)O.CC(C)(C)c1ccc(-c2c3ccc(C(C)(C)C)cc3c(-c3ccccc3)c3c(-c4ccc(C(C)(C)C)cc4)c4ccc(C(C)(C)C)cc4c(-c4ccccc4)c23)cc1.[Ir].[c-]1c(-c2ccccn2)sc2ccccc12.[c-]1c(-c2ccccn2)sc2ccccc12. The maximum absolute atomic E-state index is 10.0. The Morgan fingerprint density at radius 1 is 0.375 bits per heavy atom. The van der Waals surface area contributed by atoms with Crippen molar-refractivity contribution in [3.8, 4) is 65.6 Å². The molecule has 0 aliphatic rings. The number of thiophene rings is 2. The third-order valence-electron chi connectivity index (χ3n) is 17.2. The normalized spacial score (nSPS) is 11.9. The second kappa shape index (κ2) is 29.2. The molecular formula is C89H84IrN2O2S2-2. The van der Waals surface area contributed by atoms with Crippen molar-refractivity contribution in [1.29, 1.82) is 0 Å². The predicted molar refractivity (Wildman–Crippen MR) is 410 cm³/mol. The Morgan fingerprint density at radius 3 is 0.990 bits per heavy atom. The van der Waals surface area contributed by atoms with Crippen LogP contribution in [-0.4, -0.2) is 20.9 Å². The van der Waals surface area contributed by atoms with Gasteiger partial charge < -0.3 is 15.1 Å². The number of aromatic nitrogens is 2. The zero-order valence-corrected chi connectivity index (χ0v) is 61.6. The van der Waals surface area contributed by atoms with E-state index in [1.807, 2.05) is 60.9 Å². The Balaban J connectivity index is 0.000000210. The number of pyridine rings is 2. The van der Waals surface area contributed by atoms with Crippen LogP contribution in [0.1, 0.15) is 119 Å². The molecule has 0 bridgehead atoms. The van der Waals surface area contributed by atoms with Crippen molar-refractivity contribution in [3.63, 3.8) is 0 Å². The first-order valence-corrected chi connectivity index (χ1v) is 34.3. The second-order valence-corrected chi connectivity index (χ2v) is 30.7. The van der Waals surface area contributed by atoms with E-state index in [1.165, 1.54) is 139 Å². The van der Waals surface area contributed by atoms with Crippen molar-refractivity contribution < 1.29 is 30.0 Å². The Morgan fingerprint density at radius 2 is 0.688 bits per heavy atom. The van der Waals surface area contributed by atoms with Crippen LogP contribution in [0.5, 0.6) is 0 Å². The summed E-state index contributed by atoms with van der Waals surface area (Å²) in [4.78, 5) is 20.9. The van der Waals surface area contributed by atoms with E-state index >= 15 is 0 Å². The number of aliphatic hydroxyl groups excluding tert-OH is 1. The van der Waals surface area contributed by atoms with Crippen LogP contribution in [0, 0.1) is 12.1 Å². The number of hydrogen-bond donors (Lipinski definition) is 1. The molecule has 1 N–H and O–H groups in total. The summed E-state index contributed by atoms with van der Waals surface area (Å²) in [6.45, 7) is 30.7. The third-order valence-corrected chi connectivity index (χ3v) is 19.4. The fourth-order valence-electron chi connectivity index (χ4n) is 12.2. The summed E-state index contributed by atoms with van der Waals surface area (Å²) in [6, 6.07) is 91.1. The Kier molecular flexibility index (Phi) is 21.2. The first-order valence-electron chi connectivity index (χ1n) is 32.7. The zero-order chi connectivity index (χ0) is 67.4. The molecule has 0 aliphatic heterocycles. The van der Waals surface area contributed by atoms with Gasteiger partial charge in [-0.25, -0.2) is 22.7 Å². The average Bonchev–Trinajstić information content (AvgIpc) is 0.818. The van der Waals surface area contributed by atoms with Crippen LogP contribution in [-0.2, 0) is 46.6 Å². The average molecular weight is 1470 g/mol. The first kappa shape index (κ1) is 69.9. The predicted octanol–water partition coefficient (Wildman–Crippen LogP) is 25.6. The molecule has 485 valence electrons. The summed E-state index contributed by atoms with van der Waals surface area (Å²) in [6.07, 6.45) is 4.79. The van der Waals surface area contributed by atoms with Crippen LogP contribution in [0.25, 0.3) is 118 Å². The van der Waals surface area contributed by atoms with Crippen molar-refractivity contribution in [2.45, 2.75) is 119 Å². The molecular weight excluding hydrogens is 1390 g/mol. The van der Waals surface area contributed by atoms with Gasteiger partial charge in [-0.05, 0) is 178 Å². The molecule has 14 rings (SSSR count). The Bertz CT molecular complexity index is 4670. The van der Waals surface area contributed by atoms with Crippen molar-refractivity contribution >= 4 is 80.9 Å². The first-order chi connectivity index (χ1) is 45.3. The number of rotatable bonds is 7. The standard InChI is InChI=1S/C58H60.2C13H8NS.C5H8O2.Ir/c1-55(2,3)41-27-23-39(24-28-41)49-45-33-31-43(57(7,8)9)35-47(45)52(38-21-17-14-18-22-38)54-50(40-25-29-42(30-26-40)56(4,5)6)46-34-32-44(58(10,11)12)36-48(46)51(53(49)54)37-19-15-13-16-20-37;2*1-2-7-12-10(5-1)9-13(15-12)11-6-3-4-8-14-11;1-4(6)3-5(2)7;/h13-36H,1-12H3;2*1-8H;3,6H,1-2H3;/q;2*-1;;. The molecule has 7 heteroatoms. The van der Waals surface area contributed by atoms with E-state index in [9.17, 15) is 4.79 Å².